The Morgan fingerprint density at radius 3 is 2.79 bits per heavy atom. The normalized spacial score (nSPS) is 23.7. The largest absolute Gasteiger partial charge is 0.391 e. The third kappa shape index (κ3) is 2.39. The van der Waals surface area contributed by atoms with Crippen molar-refractivity contribution in [3.8, 4) is 0 Å². The van der Waals surface area contributed by atoms with E-state index in [-0.39, 0.29) is 13.1 Å². The molecule has 3 N–H and O–H groups in total. The SMILES string of the molecule is NCC(F)(F)C(=O)N1CCC[C@H](O)C1. The van der Waals surface area contributed by atoms with Crippen molar-refractivity contribution in [3.05, 3.63) is 0 Å². The summed E-state index contributed by atoms with van der Waals surface area (Å²) in [5, 5.41) is 9.20. The van der Waals surface area contributed by atoms with Crippen LogP contribution < -0.4 is 5.73 Å². The van der Waals surface area contributed by atoms with Gasteiger partial charge in [0.25, 0.3) is 5.91 Å². The molecule has 0 spiro atoms. The minimum atomic E-state index is -3.50. The van der Waals surface area contributed by atoms with Crippen molar-refractivity contribution < 1.29 is 18.7 Å². The van der Waals surface area contributed by atoms with Crippen LogP contribution in [0.3, 0.4) is 0 Å². The molecule has 1 aliphatic rings. The van der Waals surface area contributed by atoms with Gasteiger partial charge in [-0.3, -0.25) is 4.79 Å². The molecular formula is C8H14F2N2O2. The van der Waals surface area contributed by atoms with E-state index in [1.54, 1.807) is 0 Å². The highest BCUT2D eigenvalue weighted by Crippen LogP contribution is 2.19. The van der Waals surface area contributed by atoms with Crippen LogP contribution >= 0.6 is 0 Å². The number of aliphatic hydroxyl groups excluding tert-OH is 1. The molecule has 14 heavy (non-hydrogen) atoms. The minimum Gasteiger partial charge on any atom is -0.391 e. The number of amides is 1. The molecule has 0 saturated carbocycles. The number of β-amino-alcohol motifs (C(OH)–C–C–N with tert-alkyl or cyclic N) is 1. The number of halogens is 2. The van der Waals surface area contributed by atoms with Crippen molar-refractivity contribution in [2.75, 3.05) is 19.6 Å². The lowest BCUT2D eigenvalue weighted by Crippen LogP contribution is -2.51. The van der Waals surface area contributed by atoms with Crippen LogP contribution in [0, 0.1) is 0 Å². The zero-order valence-electron chi connectivity index (χ0n) is 7.75. The number of carbonyl (C=O) groups is 1. The van der Waals surface area contributed by atoms with Gasteiger partial charge in [0.2, 0.25) is 0 Å². The number of hydrogen-bond acceptors (Lipinski definition) is 3. The highest BCUT2D eigenvalue weighted by Gasteiger charge is 2.41. The van der Waals surface area contributed by atoms with Crippen LogP contribution in [-0.4, -0.2) is 47.6 Å². The number of likely N-dealkylation sites (tertiary alicyclic amines) is 1. The molecule has 0 bridgehead atoms. The average Bonchev–Trinajstić information content (AvgIpc) is 2.16. The van der Waals surface area contributed by atoms with E-state index in [9.17, 15) is 18.7 Å². The molecule has 1 atom stereocenters. The van der Waals surface area contributed by atoms with Crippen molar-refractivity contribution in [2.24, 2.45) is 5.73 Å². The Kier molecular flexibility index (Phi) is 3.38. The molecule has 1 saturated heterocycles. The van der Waals surface area contributed by atoms with Gasteiger partial charge in [0, 0.05) is 13.1 Å². The van der Waals surface area contributed by atoms with Crippen LogP contribution in [-0.2, 0) is 4.79 Å². The Labute approximate surface area is 80.7 Å². The third-order valence-electron chi connectivity index (χ3n) is 2.25. The first-order valence-corrected chi connectivity index (χ1v) is 4.52. The van der Waals surface area contributed by atoms with Gasteiger partial charge in [0.1, 0.15) is 0 Å². The van der Waals surface area contributed by atoms with E-state index in [1.165, 1.54) is 0 Å². The van der Waals surface area contributed by atoms with E-state index in [2.05, 4.69) is 0 Å². The van der Waals surface area contributed by atoms with E-state index in [1.807, 2.05) is 0 Å². The van der Waals surface area contributed by atoms with Crippen LogP contribution in [0.2, 0.25) is 0 Å². The van der Waals surface area contributed by atoms with Gasteiger partial charge in [-0.25, -0.2) is 0 Å². The number of rotatable bonds is 2. The molecule has 0 radical (unpaired) electrons. The molecule has 0 aromatic carbocycles. The molecule has 1 rings (SSSR count). The Morgan fingerprint density at radius 2 is 2.29 bits per heavy atom. The fraction of sp³-hybridized carbons (Fsp3) is 0.875. The standard InChI is InChI=1S/C8H14F2N2O2/c9-8(10,5-11)7(14)12-3-1-2-6(13)4-12/h6,13H,1-5,11H2/t6-/m0/s1. The fourth-order valence-electron chi connectivity index (χ4n) is 1.46. The minimum absolute atomic E-state index is 0.0194. The summed E-state index contributed by atoms with van der Waals surface area (Å²) in [7, 11) is 0. The summed E-state index contributed by atoms with van der Waals surface area (Å²) >= 11 is 0. The van der Waals surface area contributed by atoms with Gasteiger partial charge in [-0.1, -0.05) is 0 Å². The van der Waals surface area contributed by atoms with Crippen LogP contribution in [0.25, 0.3) is 0 Å². The van der Waals surface area contributed by atoms with Crippen LogP contribution in [0.4, 0.5) is 8.78 Å². The molecule has 4 nitrogen and oxygen atoms in total. The van der Waals surface area contributed by atoms with Crippen molar-refractivity contribution >= 4 is 5.91 Å². The van der Waals surface area contributed by atoms with Crippen molar-refractivity contribution in [2.45, 2.75) is 24.9 Å². The number of carbonyl (C=O) groups excluding carboxylic acids is 1. The Balaban J connectivity index is 2.60. The fourth-order valence-corrected chi connectivity index (χ4v) is 1.46. The maximum absolute atomic E-state index is 12.9. The topological polar surface area (TPSA) is 66.6 Å². The molecule has 1 fully saturated rings. The van der Waals surface area contributed by atoms with Gasteiger partial charge >= 0.3 is 5.92 Å². The number of nitrogens with two attached hydrogens (primary N) is 1. The molecule has 0 aromatic rings. The predicted octanol–water partition coefficient (Wildman–Crippen LogP) is -0.436. The Morgan fingerprint density at radius 1 is 1.64 bits per heavy atom. The second kappa shape index (κ2) is 4.18. The average molecular weight is 208 g/mol. The van der Waals surface area contributed by atoms with E-state index in [4.69, 9.17) is 5.73 Å². The Hall–Kier alpha value is -0.750. The highest BCUT2D eigenvalue weighted by molar-refractivity contribution is 5.83. The first-order valence-electron chi connectivity index (χ1n) is 4.52. The lowest BCUT2D eigenvalue weighted by Gasteiger charge is -2.32. The number of piperidine rings is 1. The Bertz CT molecular complexity index is 223. The summed E-state index contributed by atoms with van der Waals surface area (Å²) in [5.74, 6) is -4.78. The molecule has 1 aliphatic heterocycles. The van der Waals surface area contributed by atoms with Gasteiger partial charge in [-0.05, 0) is 12.8 Å². The van der Waals surface area contributed by atoms with E-state index in [0.29, 0.717) is 12.8 Å². The third-order valence-corrected chi connectivity index (χ3v) is 2.25. The lowest BCUT2D eigenvalue weighted by atomic mass is 10.1. The summed E-state index contributed by atoms with van der Waals surface area (Å²) in [6.45, 7) is -0.738. The molecule has 0 aromatic heterocycles. The van der Waals surface area contributed by atoms with Crippen molar-refractivity contribution in [1.82, 2.24) is 4.90 Å². The lowest BCUT2D eigenvalue weighted by molar-refractivity contribution is -0.158. The maximum Gasteiger partial charge on any atom is 0.336 e. The summed E-state index contributed by atoms with van der Waals surface area (Å²) in [6.07, 6.45) is 0.409. The second-order valence-corrected chi connectivity index (χ2v) is 3.46. The molecule has 0 unspecified atom stereocenters. The zero-order valence-corrected chi connectivity index (χ0v) is 7.75. The van der Waals surface area contributed by atoms with Crippen LogP contribution in [0.15, 0.2) is 0 Å². The van der Waals surface area contributed by atoms with E-state index >= 15 is 0 Å². The molecule has 6 heteroatoms. The smallest absolute Gasteiger partial charge is 0.336 e. The molecule has 1 amide bonds. The van der Waals surface area contributed by atoms with Crippen molar-refractivity contribution in [3.63, 3.8) is 0 Å². The number of aliphatic hydroxyl groups is 1. The maximum atomic E-state index is 12.9. The van der Waals surface area contributed by atoms with Gasteiger partial charge in [0.15, 0.2) is 0 Å². The zero-order chi connectivity index (χ0) is 10.8. The van der Waals surface area contributed by atoms with Crippen molar-refractivity contribution in [1.29, 1.82) is 0 Å². The molecular weight excluding hydrogens is 194 g/mol. The summed E-state index contributed by atoms with van der Waals surface area (Å²) in [4.78, 5) is 12.2. The number of hydrogen-bond donors (Lipinski definition) is 2. The summed E-state index contributed by atoms with van der Waals surface area (Å²) in [6, 6.07) is 0. The van der Waals surface area contributed by atoms with Gasteiger partial charge < -0.3 is 15.7 Å². The quantitative estimate of drug-likeness (QED) is 0.646. The molecule has 0 aliphatic carbocycles. The summed E-state index contributed by atoms with van der Waals surface area (Å²) < 4.78 is 25.7. The van der Waals surface area contributed by atoms with Gasteiger partial charge in [-0.2, -0.15) is 8.78 Å². The van der Waals surface area contributed by atoms with E-state index < -0.39 is 24.5 Å². The molecule has 82 valence electrons. The predicted molar refractivity (Wildman–Crippen MR) is 45.8 cm³/mol. The monoisotopic (exact) mass is 208 g/mol. The first-order chi connectivity index (χ1) is 6.47. The van der Waals surface area contributed by atoms with Crippen LogP contribution in [0.5, 0.6) is 0 Å². The van der Waals surface area contributed by atoms with Crippen LogP contribution in [0.1, 0.15) is 12.8 Å². The second-order valence-electron chi connectivity index (χ2n) is 3.46. The first kappa shape index (κ1) is 11.3. The molecule has 1 heterocycles. The van der Waals surface area contributed by atoms with E-state index in [0.717, 1.165) is 4.90 Å². The number of alkyl halides is 2. The number of nitrogens with zero attached hydrogens (tertiary/aromatic N) is 1. The van der Waals surface area contributed by atoms with Gasteiger partial charge in [0.05, 0.1) is 12.6 Å². The summed E-state index contributed by atoms with van der Waals surface area (Å²) in [5.41, 5.74) is 4.79. The van der Waals surface area contributed by atoms with Gasteiger partial charge in [-0.15, -0.1) is 0 Å². The highest BCUT2D eigenvalue weighted by atomic mass is 19.3.